The molecule has 2 N–H and O–H groups in total. The van der Waals surface area contributed by atoms with Crippen LogP contribution in [0.4, 0.5) is 4.39 Å². The highest BCUT2D eigenvalue weighted by Crippen LogP contribution is 2.31. The third-order valence-electron chi connectivity index (χ3n) is 4.56. The highest BCUT2D eigenvalue weighted by Gasteiger charge is 2.33. The summed E-state index contributed by atoms with van der Waals surface area (Å²) in [5.74, 6) is -0.172. The summed E-state index contributed by atoms with van der Waals surface area (Å²) in [6.07, 6.45) is 7.55. The molecule has 0 saturated heterocycles. The molecule has 19 heavy (non-hydrogen) atoms. The second-order valence-corrected chi connectivity index (χ2v) is 5.83. The second kappa shape index (κ2) is 6.49. The van der Waals surface area contributed by atoms with Crippen molar-refractivity contribution in [2.45, 2.75) is 50.6 Å². The number of nitrogens with zero attached hydrogens (tertiary/aromatic N) is 1. The van der Waals surface area contributed by atoms with Crippen molar-refractivity contribution in [3.63, 3.8) is 0 Å². The largest absolute Gasteiger partial charge is 0.329 e. The highest BCUT2D eigenvalue weighted by atomic mass is 19.1. The standard InChI is InChI=1S/C16H25FN2/c1-19(12-14-6-8-15(17)9-7-14)16(13-18)10-4-2-3-5-11-16/h6-9H,2-5,10-13,18H2,1H3. The van der Waals surface area contributed by atoms with Crippen molar-refractivity contribution in [2.75, 3.05) is 13.6 Å². The van der Waals surface area contributed by atoms with Crippen LogP contribution in [0.3, 0.4) is 0 Å². The Kier molecular flexibility index (Phi) is 4.94. The Morgan fingerprint density at radius 3 is 2.21 bits per heavy atom. The Labute approximate surface area is 115 Å². The SMILES string of the molecule is CN(Cc1ccc(F)cc1)C1(CN)CCCCCC1. The predicted molar refractivity (Wildman–Crippen MR) is 77.4 cm³/mol. The lowest BCUT2D eigenvalue weighted by molar-refractivity contribution is 0.0997. The summed E-state index contributed by atoms with van der Waals surface area (Å²) in [5.41, 5.74) is 7.37. The van der Waals surface area contributed by atoms with Crippen molar-refractivity contribution in [1.82, 2.24) is 4.90 Å². The third-order valence-corrected chi connectivity index (χ3v) is 4.56. The van der Waals surface area contributed by atoms with Gasteiger partial charge in [-0.25, -0.2) is 4.39 Å². The Hall–Kier alpha value is -0.930. The number of hydrogen-bond donors (Lipinski definition) is 1. The van der Waals surface area contributed by atoms with Crippen molar-refractivity contribution >= 4 is 0 Å². The van der Waals surface area contributed by atoms with Gasteiger partial charge >= 0.3 is 0 Å². The first-order chi connectivity index (χ1) is 9.16. The van der Waals surface area contributed by atoms with Crippen LogP contribution in [0.2, 0.25) is 0 Å². The van der Waals surface area contributed by atoms with Gasteiger partial charge in [0.25, 0.3) is 0 Å². The van der Waals surface area contributed by atoms with Crippen LogP contribution >= 0.6 is 0 Å². The van der Waals surface area contributed by atoms with Gasteiger partial charge in [-0.15, -0.1) is 0 Å². The molecular weight excluding hydrogens is 239 g/mol. The minimum absolute atomic E-state index is 0.130. The van der Waals surface area contributed by atoms with Crippen LogP contribution in [0.1, 0.15) is 44.1 Å². The fourth-order valence-corrected chi connectivity index (χ4v) is 3.16. The summed E-state index contributed by atoms with van der Waals surface area (Å²) in [6.45, 7) is 1.56. The van der Waals surface area contributed by atoms with Gasteiger partial charge in [-0.3, -0.25) is 4.90 Å². The molecule has 0 atom stereocenters. The van der Waals surface area contributed by atoms with Crippen LogP contribution in [-0.4, -0.2) is 24.0 Å². The van der Waals surface area contributed by atoms with Gasteiger partial charge in [0.15, 0.2) is 0 Å². The second-order valence-electron chi connectivity index (χ2n) is 5.83. The highest BCUT2D eigenvalue weighted by molar-refractivity contribution is 5.16. The van der Waals surface area contributed by atoms with Crippen LogP contribution in [0.15, 0.2) is 24.3 Å². The molecular formula is C16H25FN2. The topological polar surface area (TPSA) is 29.3 Å². The summed E-state index contributed by atoms with van der Waals surface area (Å²) in [6, 6.07) is 6.80. The van der Waals surface area contributed by atoms with E-state index in [-0.39, 0.29) is 11.4 Å². The minimum atomic E-state index is -0.172. The molecule has 0 heterocycles. The molecule has 0 radical (unpaired) electrons. The zero-order valence-electron chi connectivity index (χ0n) is 11.9. The average Bonchev–Trinajstić information content (AvgIpc) is 2.67. The fourth-order valence-electron chi connectivity index (χ4n) is 3.16. The van der Waals surface area contributed by atoms with Crippen molar-refractivity contribution in [2.24, 2.45) is 5.73 Å². The van der Waals surface area contributed by atoms with Crippen LogP contribution in [-0.2, 0) is 6.54 Å². The number of rotatable bonds is 4. The van der Waals surface area contributed by atoms with E-state index in [0.717, 1.165) is 12.1 Å². The molecule has 2 nitrogen and oxygen atoms in total. The number of likely N-dealkylation sites (N-methyl/N-ethyl adjacent to an activating group) is 1. The van der Waals surface area contributed by atoms with E-state index >= 15 is 0 Å². The fraction of sp³-hybridized carbons (Fsp3) is 0.625. The number of nitrogens with two attached hydrogens (primary N) is 1. The first kappa shape index (κ1) is 14.5. The zero-order valence-corrected chi connectivity index (χ0v) is 11.9. The van der Waals surface area contributed by atoms with E-state index < -0.39 is 0 Å². The molecule has 0 aliphatic heterocycles. The molecule has 3 heteroatoms. The van der Waals surface area contributed by atoms with Crippen LogP contribution in [0.5, 0.6) is 0 Å². The van der Waals surface area contributed by atoms with Crippen molar-refractivity contribution < 1.29 is 4.39 Å². The van der Waals surface area contributed by atoms with E-state index in [9.17, 15) is 4.39 Å². The average molecular weight is 264 g/mol. The zero-order chi connectivity index (χ0) is 13.7. The third kappa shape index (κ3) is 3.54. The van der Waals surface area contributed by atoms with E-state index in [0.29, 0.717) is 6.54 Å². The van der Waals surface area contributed by atoms with E-state index in [2.05, 4.69) is 11.9 Å². The normalized spacial score (nSPS) is 19.4. The lowest BCUT2D eigenvalue weighted by atomic mass is 9.88. The van der Waals surface area contributed by atoms with Gasteiger partial charge in [0.1, 0.15) is 5.82 Å². The predicted octanol–water partition coefficient (Wildman–Crippen LogP) is 3.31. The molecule has 1 fully saturated rings. The monoisotopic (exact) mass is 264 g/mol. The molecule has 106 valence electrons. The molecule has 1 aliphatic carbocycles. The maximum atomic E-state index is 12.9. The van der Waals surface area contributed by atoms with Crippen LogP contribution in [0, 0.1) is 5.82 Å². The van der Waals surface area contributed by atoms with Crippen molar-refractivity contribution in [3.8, 4) is 0 Å². The molecule has 0 bridgehead atoms. The van der Waals surface area contributed by atoms with Gasteiger partial charge in [0, 0.05) is 18.6 Å². The van der Waals surface area contributed by atoms with Gasteiger partial charge in [0.05, 0.1) is 0 Å². The molecule has 1 aromatic carbocycles. The van der Waals surface area contributed by atoms with Gasteiger partial charge < -0.3 is 5.73 Å². The van der Waals surface area contributed by atoms with Crippen molar-refractivity contribution in [1.29, 1.82) is 0 Å². The van der Waals surface area contributed by atoms with Gasteiger partial charge in [0.2, 0.25) is 0 Å². The maximum absolute atomic E-state index is 12.9. The molecule has 0 aromatic heterocycles. The molecule has 1 aromatic rings. The Morgan fingerprint density at radius 2 is 1.68 bits per heavy atom. The minimum Gasteiger partial charge on any atom is -0.329 e. The first-order valence-corrected chi connectivity index (χ1v) is 7.32. The molecule has 1 aliphatic rings. The smallest absolute Gasteiger partial charge is 0.123 e. The first-order valence-electron chi connectivity index (χ1n) is 7.32. The summed E-state index contributed by atoms with van der Waals surface area (Å²) in [7, 11) is 2.15. The van der Waals surface area contributed by atoms with Crippen LogP contribution in [0.25, 0.3) is 0 Å². The van der Waals surface area contributed by atoms with Gasteiger partial charge in [-0.1, -0.05) is 37.8 Å². The van der Waals surface area contributed by atoms with Gasteiger partial charge in [-0.2, -0.15) is 0 Å². The number of hydrogen-bond acceptors (Lipinski definition) is 2. The van der Waals surface area contributed by atoms with Gasteiger partial charge in [-0.05, 0) is 37.6 Å². The van der Waals surface area contributed by atoms with Crippen molar-refractivity contribution in [3.05, 3.63) is 35.6 Å². The molecule has 2 rings (SSSR count). The van der Waals surface area contributed by atoms with E-state index in [1.807, 2.05) is 12.1 Å². The summed E-state index contributed by atoms with van der Waals surface area (Å²) < 4.78 is 12.9. The van der Waals surface area contributed by atoms with E-state index in [1.165, 1.54) is 50.7 Å². The molecule has 0 amide bonds. The Morgan fingerprint density at radius 1 is 1.11 bits per heavy atom. The summed E-state index contributed by atoms with van der Waals surface area (Å²) in [4.78, 5) is 2.38. The Bertz CT molecular complexity index is 380. The number of benzene rings is 1. The summed E-state index contributed by atoms with van der Waals surface area (Å²) in [5, 5.41) is 0. The lowest BCUT2D eigenvalue weighted by Gasteiger charge is -2.41. The van der Waals surface area contributed by atoms with E-state index in [1.54, 1.807) is 0 Å². The van der Waals surface area contributed by atoms with Crippen LogP contribution < -0.4 is 5.73 Å². The maximum Gasteiger partial charge on any atom is 0.123 e. The molecule has 0 spiro atoms. The van der Waals surface area contributed by atoms with E-state index in [4.69, 9.17) is 5.73 Å². The number of halogens is 1. The summed E-state index contributed by atoms with van der Waals surface area (Å²) >= 11 is 0. The quantitative estimate of drug-likeness (QED) is 0.845. The molecule has 1 saturated carbocycles. The molecule has 0 unspecified atom stereocenters. The Balaban J connectivity index is 2.07. The lowest BCUT2D eigenvalue weighted by Crippen LogP contribution is -2.51.